The van der Waals surface area contributed by atoms with Crippen LogP contribution in [0, 0.1) is 0 Å². The molecular weight excluding hydrogens is 202 g/mol. The van der Waals surface area contributed by atoms with Crippen LogP contribution in [0.5, 0.6) is 0 Å². The molecule has 0 saturated heterocycles. The lowest BCUT2D eigenvalue weighted by atomic mass is 9.92. The van der Waals surface area contributed by atoms with E-state index in [1.54, 1.807) is 0 Å². The van der Waals surface area contributed by atoms with Crippen LogP contribution in [-0.4, -0.2) is 39.0 Å². The maximum atomic E-state index is 5.51. The topological polar surface area (TPSA) is 30.5 Å². The Kier molecular flexibility index (Phi) is 7.81. The van der Waals surface area contributed by atoms with E-state index in [0.29, 0.717) is 12.1 Å². The van der Waals surface area contributed by atoms with Crippen LogP contribution in [0.15, 0.2) is 0 Å². The highest BCUT2D eigenvalue weighted by Gasteiger charge is 2.23. The van der Waals surface area contributed by atoms with Crippen molar-refractivity contribution in [3.8, 4) is 0 Å². The summed E-state index contributed by atoms with van der Waals surface area (Å²) in [6.45, 7) is 4.97. The molecule has 0 aromatic carbocycles. The first kappa shape index (κ1) is 13.9. The minimum Gasteiger partial charge on any atom is -0.381 e. The second-order valence-corrected chi connectivity index (χ2v) is 4.59. The lowest BCUT2D eigenvalue weighted by Gasteiger charge is -2.31. The summed E-state index contributed by atoms with van der Waals surface area (Å²) in [5.74, 6) is 0. The molecule has 0 aromatic heterocycles. The summed E-state index contributed by atoms with van der Waals surface area (Å²) in [5, 5.41) is 3.59. The summed E-state index contributed by atoms with van der Waals surface area (Å²) in [6.07, 6.45) is 7.76. The van der Waals surface area contributed by atoms with Crippen molar-refractivity contribution in [3.05, 3.63) is 0 Å². The van der Waals surface area contributed by atoms with Gasteiger partial charge in [0, 0.05) is 26.4 Å². The second kappa shape index (κ2) is 8.97. The molecule has 0 spiro atoms. The minimum absolute atomic E-state index is 0.422. The molecule has 1 fully saturated rings. The maximum Gasteiger partial charge on any atom is 0.0724 e. The van der Waals surface area contributed by atoms with E-state index in [2.05, 4.69) is 12.2 Å². The Morgan fingerprint density at radius 2 is 2.00 bits per heavy atom. The van der Waals surface area contributed by atoms with Crippen molar-refractivity contribution in [3.63, 3.8) is 0 Å². The van der Waals surface area contributed by atoms with Crippen LogP contribution in [0.1, 0.15) is 45.4 Å². The predicted molar refractivity (Wildman–Crippen MR) is 66.8 cm³/mol. The van der Waals surface area contributed by atoms with Crippen molar-refractivity contribution in [2.75, 3.05) is 26.9 Å². The van der Waals surface area contributed by atoms with Gasteiger partial charge in [0.25, 0.3) is 0 Å². The van der Waals surface area contributed by atoms with Crippen LogP contribution in [0.25, 0.3) is 0 Å². The van der Waals surface area contributed by atoms with Crippen LogP contribution in [0.4, 0.5) is 0 Å². The van der Waals surface area contributed by atoms with Gasteiger partial charge in [0.1, 0.15) is 0 Å². The maximum absolute atomic E-state index is 5.51. The lowest BCUT2D eigenvalue weighted by molar-refractivity contribution is 0.0407. The Morgan fingerprint density at radius 3 is 2.75 bits per heavy atom. The summed E-state index contributed by atoms with van der Waals surface area (Å²) in [4.78, 5) is 0. The number of hydrogen-bond acceptors (Lipinski definition) is 3. The molecule has 0 heterocycles. The third-order valence-electron chi connectivity index (χ3n) is 3.23. The minimum atomic E-state index is 0.422. The third-order valence-corrected chi connectivity index (χ3v) is 3.23. The van der Waals surface area contributed by atoms with Crippen LogP contribution < -0.4 is 5.32 Å². The molecule has 0 aromatic rings. The quantitative estimate of drug-likeness (QED) is 0.648. The molecular formula is C13H27NO2. The SMILES string of the molecule is CCCOCCCNC1CCCCC1OC. The number of methoxy groups -OCH3 is 1. The molecule has 0 aliphatic heterocycles. The normalized spacial score (nSPS) is 25.9. The second-order valence-electron chi connectivity index (χ2n) is 4.59. The van der Waals surface area contributed by atoms with Gasteiger partial charge in [-0.05, 0) is 32.2 Å². The van der Waals surface area contributed by atoms with Gasteiger partial charge in [-0.3, -0.25) is 0 Å². The highest BCUT2D eigenvalue weighted by atomic mass is 16.5. The zero-order valence-corrected chi connectivity index (χ0v) is 10.8. The number of ether oxygens (including phenoxy) is 2. The van der Waals surface area contributed by atoms with Crippen molar-refractivity contribution in [2.24, 2.45) is 0 Å². The van der Waals surface area contributed by atoms with Gasteiger partial charge in [0.2, 0.25) is 0 Å². The zero-order chi connectivity index (χ0) is 11.6. The molecule has 1 N–H and O–H groups in total. The first-order valence-corrected chi connectivity index (χ1v) is 6.72. The van der Waals surface area contributed by atoms with Crippen molar-refractivity contribution in [1.82, 2.24) is 5.32 Å². The smallest absolute Gasteiger partial charge is 0.0724 e. The average molecular weight is 229 g/mol. The number of rotatable bonds is 8. The van der Waals surface area contributed by atoms with Gasteiger partial charge in [0.05, 0.1) is 6.10 Å². The largest absolute Gasteiger partial charge is 0.381 e. The van der Waals surface area contributed by atoms with Gasteiger partial charge in [-0.2, -0.15) is 0 Å². The van der Waals surface area contributed by atoms with E-state index < -0.39 is 0 Å². The summed E-state index contributed by atoms with van der Waals surface area (Å²) < 4.78 is 11.0. The summed E-state index contributed by atoms with van der Waals surface area (Å²) >= 11 is 0. The Morgan fingerprint density at radius 1 is 1.19 bits per heavy atom. The molecule has 0 amide bonds. The molecule has 1 aliphatic carbocycles. The van der Waals surface area contributed by atoms with Gasteiger partial charge in [0.15, 0.2) is 0 Å². The van der Waals surface area contributed by atoms with E-state index in [-0.39, 0.29) is 0 Å². The Balaban J connectivity index is 2.02. The molecule has 1 aliphatic rings. The summed E-state index contributed by atoms with van der Waals surface area (Å²) in [5.41, 5.74) is 0. The van der Waals surface area contributed by atoms with E-state index in [0.717, 1.165) is 32.6 Å². The average Bonchev–Trinajstić information content (AvgIpc) is 2.34. The Bertz CT molecular complexity index is 164. The fraction of sp³-hybridized carbons (Fsp3) is 1.00. The molecule has 3 heteroatoms. The van der Waals surface area contributed by atoms with Crippen molar-refractivity contribution in [1.29, 1.82) is 0 Å². The fourth-order valence-corrected chi connectivity index (χ4v) is 2.32. The first-order valence-electron chi connectivity index (χ1n) is 6.72. The van der Waals surface area contributed by atoms with Crippen LogP contribution in [-0.2, 0) is 9.47 Å². The van der Waals surface area contributed by atoms with E-state index in [9.17, 15) is 0 Å². The van der Waals surface area contributed by atoms with Gasteiger partial charge >= 0.3 is 0 Å². The number of nitrogens with one attached hydrogen (secondary N) is 1. The molecule has 0 bridgehead atoms. The van der Waals surface area contributed by atoms with E-state index in [1.807, 2.05) is 7.11 Å². The molecule has 3 nitrogen and oxygen atoms in total. The fourth-order valence-electron chi connectivity index (χ4n) is 2.32. The highest BCUT2D eigenvalue weighted by Crippen LogP contribution is 2.20. The Labute approximate surface area is 99.9 Å². The number of hydrogen-bond donors (Lipinski definition) is 1. The van der Waals surface area contributed by atoms with Crippen molar-refractivity contribution >= 4 is 0 Å². The molecule has 96 valence electrons. The van der Waals surface area contributed by atoms with Gasteiger partial charge < -0.3 is 14.8 Å². The molecule has 16 heavy (non-hydrogen) atoms. The monoisotopic (exact) mass is 229 g/mol. The summed E-state index contributed by atoms with van der Waals surface area (Å²) in [7, 11) is 1.83. The molecule has 1 saturated carbocycles. The zero-order valence-electron chi connectivity index (χ0n) is 10.8. The summed E-state index contributed by atoms with van der Waals surface area (Å²) in [6, 6.07) is 0.560. The van der Waals surface area contributed by atoms with Gasteiger partial charge in [-0.1, -0.05) is 19.8 Å². The van der Waals surface area contributed by atoms with Crippen LogP contribution in [0.2, 0.25) is 0 Å². The predicted octanol–water partition coefficient (Wildman–Crippen LogP) is 2.35. The lowest BCUT2D eigenvalue weighted by Crippen LogP contribution is -2.43. The van der Waals surface area contributed by atoms with Crippen molar-refractivity contribution < 1.29 is 9.47 Å². The standard InChI is InChI=1S/C13H27NO2/c1-3-10-16-11-6-9-14-12-7-4-5-8-13(12)15-2/h12-14H,3-11H2,1-2H3. The Hall–Kier alpha value is -0.120. The highest BCUT2D eigenvalue weighted by molar-refractivity contribution is 4.81. The van der Waals surface area contributed by atoms with Crippen LogP contribution in [0.3, 0.4) is 0 Å². The van der Waals surface area contributed by atoms with E-state index >= 15 is 0 Å². The van der Waals surface area contributed by atoms with E-state index in [4.69, 9.17) is 9.47 Å². The van der Waals surface area contributed by atoms with Crippen molar-refractivity contribution in [2.45, 2.75) is 57.6 Å². The third kappa shape index (κ3) is 5.28. The van der Waals surface area contributed by atoms with Crippen LogP contribution >= 0.6 is 0 Å². The first-order chi connectivity index (χ1) is 7.88. The van der Waals surface area contributed by atoms with E-state index in [1.165, 1.54) is 25.7 Å². The van der Waals surface area contributed by atoms with Gasteiger partial charge in [-0.15, -0.1) is 0 Å². The van der Waals surface area contributed by atoms with Gasteiger partial charge in [-0.25, -0.2) is 0 Å². The molecule has 2 unspecified atom stereocenters. The molecule has 0 radical (unpaired) electrons. The molecule has 1 rings (SSSR count). The molecule has 2 atom stereocenters.